The molecule has 1 aromatic carbocycles. The van der Waals surface area contributed by atoms with Crippen LogP contribution in [0.5, 0.6) is 0 Å². The monoisotopic (exact) mass is 416 g/mol. The minimum atomic E-state index is -0.630. The van der Waals surface area contributed by atoms with Gasteiger partial charge >= 0.3 is 5.69 Å². The molecule has 0 aliphatic rings. The standard InChI is InChI=1S/C15H17BrN4O3.ClH/c1-2-17-7-10-4-3-5-11(6-10)18-13(21)9-20-8-12(16)14(22)19-15(20)23;/h3-6,8,17H,2,7,9H2,1H3,(H,18,21)(H,19,22,23);1H. The molecule has 0 unspecified atom stereocenters. The fraction of sp³-hybridized carbons (Fsp3) is 0.267. The lowest BCUT2D eigenvalue weighted by molar-refractivity contribution is -0.116. The second-order valence-corrected chi connectivity index (χ2v) is 5.75. The van der Waals surface area contributed by atoms with Crippen LogP contribution in [0.2, 0.25) is 0 Å². The number of amides is 1. The summed E-state index contributed by atoms with van der Waals surface area (Å²) in [5.74, 6) is -0.355. The zero-order valence-corrected chi connectivity index (χ0v) is 15.4. The lowest BCUT2D eigenvalue weighted by atomic mass is 10.2. The number of hydrogen-bond acceptors (Lipinski definition) is 4. The number of nitrogens with one attached hydrogen (secondary N) is 3. The summed E-state index contributed by atoms with van der Waals surface area (Å²) < 4.78 is 1.32. The molecule has 1 heterocycles. The zero-order valence-electron chi connectivity index (χ0n) is 13.0. The normalized spacial score (nSPS) is 10.1. The lowest BCUT2D eigenvalue weighted by Crippen LogP contribution is -2.33. The Bertz CT molecular complexity index is 819. The Morgan fingerprint density at radius 2 is 2.08 bits per heavy atom. The molecule has 0 fully saturated rings. The van der Waals surface area contributed by atoms with Crippen LogP contribution in [0.15, 0.2) is 44.5 Å². The van der Waals surface area contributed by atoms with Crippen molar-refractivity contribution >= 4 is 39.9 Å². The molecular formula is C15H18BrClN4O3. The molecule has 0 saturated carbocycles. The van der Waals surface area contributed by atoms with Gasteiger partial charge in [0, 0.05) is 18.4 Å². The van der Waals surface area contributed by atoms with Crippen LogP contribution in [-0.2, 0) is 17.9 Å². The molecule has 2 rings (SSSR count). The van der Waals surface area contributed by atoms with Crippen molar-refractivity contribution in [1.29, 1.82) is 0 Å². The van der Waals surface area contributed by atoms with Crippen molar-refractivity contribution in [1.82, 2.24) is 14.9 Å². The van der Waals surface area contributed by atoms with E-state index in [1.54, 1.807) is 6.07 Å². The van der Waals surface area contributed by atoms with Crippen molar-refractivity contribution in [3.8, 4) is 0 Å². The molecule has 24 heavy (non-hydrogen) atoms. The van der Waals surface area contributed by atoms with E-state index in [2.05, 4.69) is 31.5 Å². The van der Waals surface area contributed by atoms with Gasteiger partial charge in [-0.25, -0.2) is 4.79 Å². The van der Waals surface area contributed by atoms with Crippen LogP contribution in [0.3, 0.4) is 0 Å². The highest BCUT2D eigenvalue weighted by atomic mass is 79.9. The summed E-state index contributed by atoms with van der Waals surface area (Å²) in [5, 5.41) is 5.94. The number of carbonyl (C=O) groups is 1. The predicted molar refractivity (Wildman–Crippen MR) is 98.7 cm³/mol. The fourth-order valence-corrected chi connectivity index (χ4v) is 2.33. The first-order chi connectivity index (χ1) is 11.0. The first-order valence-electron chi connectivity index (χ1n) is 7.08. The van der Waals surface area contributed by atoms with E-state index in [1.807, 2.05) is 25.1 Å². The highest BCUT2D eigenvalue weighted by Gasteiger charge is 2.08. The van der Waals surface area contributed by atoms with Gasteiger partial charge in [0.15, 0.2) is 0 Å². The van der Waals surface area contributed by atoms with Crippen molar-refractivity contribution in [2.75, 3.05) is 11.9 Å². The number of benzene rings is 1. The highest BCUT2D eigenvalue weighted by molar-refractivity contribution is 9.10. The molecule has 1 amide bonds. The average Bonchev–Trinajstić information content (AvgIpc) is 2.51. The molecular weight excluding hydrogens is 400 g/mol. The predicted octanol–water partition coefficient (Wildman–Crippen LogP) is 1.47. The van der Waals surface area contributed by atoms with Gasteiger partial charge in [0.1, 0.15) is 6.54 Å². The Balaban J connectivity index is 0.00000288. The van der Waals surface area contributed by atoms with E-state index in [0.29, 0.717) is 12.2 Å². The number of carbonyl (C=O) groups excluding carboxylic acids is 1. The number of halogens is 2. The molecule has 9 heteroatoms. The van der Waals surface area contributed by atoms with Crippen molar-refractivity contribution in [3.63, 3.8) is 0 Å². The molecule has 1 aromatic heterocycles. The van der Waals surface area contributed by atoms with Crippen LogP contribution in [0.4, 0.5) is 5.69 Å². The molecule has 0 aliphatic carbocycles. The Morgan fingerprint density at radius 1 is 1.33 bits per heavy atom. The Morgan fingerprint density at radius 3 is 2.79 bits per heavy atom. The minimum absolute atomic E-state index is 0. The van der Waals surface area contributed by atoms with Gasteiger partial charge < -0.3 is 10.6 Å². The van der Waals surface area contributed by atoms with E-state index in [-0.39, 0.29) is 29.3 Å². The molecule has 2 aromatic rings. The third-order valence-corrected chi connectivity index (χ3v) is 3.64. The summed E-state index contributed by atoms with van der Waals surface area (Å²) in [7, 11) is 0. The second kappa shape index (κ2) is 9.41. The van der Waals surface area contributed by atoms with Gasteiger partial charge in [-0.1, -0.05) is 19.1 Å². The molecule has 0 spiro atoms. The largest absolute Gasteiger partial charge is 0.328 e. The van der Waals surface area contributed by atoms with Gasteiger partial charge in [0.05, 0.1) is 4.47 Å². The van der Waals surface area contributed by atoms with Gasteiger partial charge in [-0.3, -0.25) is 19.1 Å². The highest BCUT2D eigenvalue weighted by Crippen LogP contribution is 2.10. The summed E-state index contributed by atoms with van der Waals surface area (Å²) in [6, 6.07) is 7.46. The van der Waals surface area contributed by atoms with Crippen molar-refractivity contribution in [3.05, 3.63) is 61.3 Å². The molecule has 130 valence electrons. The average molecular weight is 418 g/mol. The maximum absolute atomic E-state index is 12.1. The number of rotatable bonds is 6. The fourth-order valence-electron chi connectivity index (χ4n) is 1.98. The summed E-state index contributed by atoms with van der Waals surface area (Å²) in [6.07, 6.45) is 1.29. The SMILES string of the molecule is CCNCc1cccc(NC(=O)Cn2cc(Br)c(=O)[nH]c2=O)c1.Cl. The third kappa shape index (κ3) is 5.63. The molecule has 0 radical (unpaired) electrons. The number of nitrogens with zero attached hydrogens (tertiary/aromatic N) is 1. The van der Waals surface area contributed by atoms with Crippen LogP contribution in [0.1, 0.15) is 12.5 Å². The van der Waals surface area contributed by atoms with Crippen LogP contribution in [0.25, 0.3) is 0 Å². The third-order valence-electron chi connectivity index (χ3n) is 3.07. The van der Waals surface area contributed by atoms with Gasteiger partial charge in [0.25, 0.3) is 5.56 Å². The number of hydrogen-bond donors (Lipinski definition) is 3. The first-order valence-corrected chi connectivity index (χ1v) is 7.87. The molecule has 3 N–H and O–H groups in total. The van der Waals surface area contributed by atoms with Crippen molar-refractivity contribution < 1.29 is 4.79 Å². The number of aromatic nitrogens is 2. The Labute approximate surface area is 153 Å². The van der Waals surface area contributed by atoms with E-state index >= 15 is 0 Å². The quantitative estimate of drug-likeness (QED) is 0.663. The Hall–Kier alpha value is -1.90. The Kier molecular flexibility index (Phi) is 7.90. The summed E-state index contributed by atoms with van der Waals surface area (Å²) in [6.45, 7) is 3.41. The molecule has 0 atom stereocenters. The minimum Gasteiger partial charge on any atom is -0.325 e. The lowest BCUT2D eigenvalue weighted by Gasteiger charge is -2.09. The van der Waals surface area contributed by atoms with Crippen LogP contribution in [-0.4, -0.2) is 22.0 Å². The topological polar surface area (TPSA) is 96.0 Å². The van der Waals surface area contributed by atoms with E-state index in [4.69, 9.17) is 0 Å². The van der Waals surface area contributed by atoms with Crippen LogP contribution >= 0.6 is 28.3 Å². The summed E-state index contributed by atoms with van der Waals surface area (Å²) >= 11 is 3.03. The summed E-state index contributed by atoms with van der Waals surface area (Å²) in [4.78, 5) is 37.1. The molecule has 0 bridgehead atoms. The zero-order chi connectivity index (χ0) is 16.8. The first kappa shape index (κ1) is 20.1. The van der Waals surface area contributed by atoms with E-state index in [0.717, 1.165) is 16.7 Å². The molecule has 0 aliphatic heterocycles. The van der Waals surface area contributed by atoms with E-state index in [9.17, 15) is 14.4 Å². The van der Waals surface area contributed by atoms with Gasteiger partial charge in [-0.15, -0.1) is 12.4 Å². The van der Waals surface area contributed by atoms with Gasteiger partial charge in [-0.05, 0) is 40.2 Å². The number of aromatic amines is 1. The number of anilines is 1. The molecule has 7 nitrogen and oxygen atoms in total. The molecule has 0 saturated heterocycles. The number of H-pyrrole nitrogens is 1. The van der Waals surface area contributed by atoms with Crippen molar-refractivity contribution in [2.45, 2.75) is 20.0 Å². The van der Waals surface area contributed by atoms with E-state index < -0.39 is 11.2 Å². The van der Waals surface area contributed by atoms with Gasteiger partial charge in [-0.2, -0.15) is 0 Å². The van der Waals surface area contributed by atoms with Gasteiger partial charge in [0.2, 0.25) is 5.91 Å². The maximum atomic E-state index is 12.1. The second-order valence-electron chi connectivity index (χ2n) is 4.89. The summed E-state index contributed by atoms with van der Waals surface area (Å²) in [5.41, 5.74) is 0.549. The van der Waals surface area contributed by atoms with Crippen LogP contribution in [0, 0.1) is 0 Å². The van der Waals surface area contributed by atoms with Crippen molar-refractivity contribution in [2.24, 2.45) is 0 Å². The van der Waals surface area contributed by atoms with E-state index in [1.165, 1.54) is 6.20 Å². The smallest absolute Gasteiger partial charge is 0.325 e. The van der Waals surface area contributed by atoms with Crippen LogP contribution < -0.4 is 21.9 Å². The maximum Gasteiger partial charge on any atom is 0.328 e.